The molecule has 1 aliphatic carbocycles. The number of carbonyl (C=O) groups is 2. The van der Waals surface area contributed by atoms with Crippen LogP contribution in [0, 0.1) is 10.8 Å². The number of carboxylic acids is 1. The van der Waals surface area contributed by atoms with E-state index in [-0.39, 0.29) is 23.8 Å². The van der Waals surface area contributed by atoms with Crippen molar-refractivity contribution >= 4 is 11.9 Å². The second-order valence-corrected chi connectivity index (χ2v) is 6.33. The lowest BCUT2D eigenvalue weighted by Gasteiger charge is -2.41. The average Bonchev–Trinajstić information content (AvgIpc) is 2.13. The first-order chi connectivity index (χ1) is 8.21. The van der Waals surface area contributed by atoms with E-state index in [9.17, 15) is 9.59 Å². The second kappa shape index (κ2) is 5.26. The molecule has 1 fully saturated rings. The Kier molecular flexibility index (Phi) is 4.37. The van der Waals surface area contributed by atoms with E-state index in [4.69, 9.17) is 10.8 Å². The van der Waals surface area contributed by atoms with Gasteiger partial charge in [0.05, 0.1) is 11.8 Å². The highest BCUT2D eigenvalue weighted by Gasteiger charge is 2.44. The highest BCUT2D eigenvalue weighted by atomic mass is 16.4. The molecule has 0 heterocycles. The molecular weight excluding hydrogens is 232 g/mol. The van der Waals surface area contributed by atoms with Crippen LogP contribution in [0.5, 0.6) is 0 Å². The minimum Gasteiger partial charge on any atom is -0.481 e. The fourth-order valence-corrected chi connectivity index (χ4v) is 2.19. The van der Waals surface area contributed by atoms with Gasteiger partial charge in [0.25, 0.3) is 0 Å². The number of aliphatic carboxylic acids is 1. The zero-order valence-corrected chi connectivity index (χ0v) is 11.5. The fourth-order valence-electron chi connectivity index (χ4n) is 2.19. The summed E-state index contributed by atoms with van der Waals surface area (Å²) in [4.78, 5) is 23.1. The Bertz CT molecular complexity index is 324. The molecule has 0 aliphatic heterocycles. The molecule has 1 saturated carbocycles. The molecule has 1 unspecified atom stereocenters. The van der Waals surface area contributed by atoms with Gasteiger partial charge in [-0.15, -0.1) is 0 Å². The van der Waals surface area contributed by atoms with E-state index >= 15 is 0 Å². The van der Waals surface area contributed by atoms with Crippen LogP contribution in [0.15, 0.2) is 0 Å². The maximum atomic E-state index is 12.2. The first kappa shape index (κ1) is 15.0. The second-order valence-electron chi connectivity index (χ2n) is 6.33. The SMILES string of the molecule is CC(C)(C)C(CC(=O)O)NC(=O)C1(CN)CCC1. The molecule has 0 aromatic rings. The molecule has 1 aliphatic rings. The van der Waals surface area contributed by atoms with Crippen molar-refractivity contribution in [1.82, 2.24) is 5.32 Å². The highest BCUT2D eigenvalue weighted by molar-refractivity contribution is 5.84. The number of hydrogen-bond donors (Lipinski definition) is 3. The summed E-state index contributed by atoms with van der Waals surface area (Å²) in [5.74, 6) is -0.983. The molecule has 1 atom stereocenters. The minimum atomic E-state index is -0.898. The lowest BCUT2D eigenvalue weighted by molar-refractivity contribution is -0.140. The quantitative estimate of drug-likeness (QED) is 0.687. The van der Waals surface area contributed by atoms with E-state index in [0.717, 1.165) is 19.3 Å². The Morgan fingerprint density at radius 3 is 2.22 bits per heavy atom. The summed E-state index contributed by atoms with van der Waals surface area (Å²) < 4.78 is 0. The largest absolute Gasteiger partial charge is 0.481 e. The molecule has 1 amide bonds. The molecule has 0 spiro atoms. The van der Waals surface area contributed by atoms with Crippen molar-refractivity contribution < 1.29 is 14.7 Å². The van der Waals surface area contributed by atoms with Crippen LogP contribution < -0.4 is 11.1 Å². The summed E-state index contributed by atoms with van der Waals surface area (Å²) in [5.41, 5.74) is 4.94. The average molecular weight is 256 g/mol. The van der Waals surface area contributed by atoms with Crippen LogP contribution in [-0.2, 0) is 9.59 Å². The van der Waals surface area contributed by atoms with Gasteiger partial charge < -0.3 is 16.2 Å². The molecule has 0 aromatic heterocycles. The van der Waals surface area contributed by atoms with Gasteiger partial charge in [0, 0.05) is 12.6 Å². The minimum absolute atomic E-state index is 0.0596. The molecule has 18 heavy (non-hydrogen) atoms. The zero-order chi connectivity index (χ0) is 14.0. The third-order valence-electron chi connectivity index (χ3n) is 3.91. The Hall–Kier alpha value is -1.10. The third-order valence-corrected chi connectivity index (χ3v) is 3.91. The van der Waals surface area contributed by atoms with Crippen LogP contribution in [0.2, 0.25) is 0 Å². The number of hydrogen-bond acceptors (Lipinski definition) is 3. The number of carboxylic acid groups (broad SMARTS) is 1. The molecule has 0 radical (unpaired) electrons. The number of rotatable bonds is 5. The topological polar surface area (TPSA) is 92.4 Å². The summed E-state index contributed by atoms with van der Waals surface area (Å²) >= 11 is 0. The molecule has 0 saturated heterocycles. The molecule has 4 N–H and O–H groups in total. The monoisotopic (exact) mass is 256 g/mol. The first-order valence-corrected chi connectivity index (χ1v) is 6.44. The van der Waals surface area contributed by atoms with E-state index in [0.29, 0.717) is 6.54 Å². The van der Waals surface area contributed by atoms with Crippen molar-refractivity contribution in [3.63, 3.8) is 0 Å². The normalized spacial score (nSPS) is 19.8. The summed E-state index contributed by atoms with van der Waals surface area (Å²) in [6, 6.07) is -0.369. The van der Waals surface area contributed by atoms with Crippen molar-refractivity contribution in [2.75, 3.05) is 6.54 Å². The van der Waals surface area contributed by atoms with E-state index < -0.39 is 11.4 Å². The smallest absolute Gasteiger partial charge is 0.305 e. The molecule has 104 valence electrons. The van der Waals surface area contributed by atoms with Crippen LogP contribution in [0.4, 0.5) is 0 Å². The zero-order valence-electron chi connectivity index (χ0n) is 11.5. The molecule has 5 heteroatoms. The van der Waals surface area contributed by atoms with E-state index in [1.54, 1.807) is 0 Å². The van der Waals surface area contributed by atoms with Gasteiger partial charge in [-0.2, -0.15) is 0 Å². The van der Waals surface area contributed by atoms with Crippen molar-refractivity contribution in [1.29, 1.82) is 0 Å². The van der Waals surface area contributed by atoms with Gasteiger partial charge in [0.2, 0.25) is 5.91 Å². The molecule has 0 aromatic carbocycles. The van der Waals surface area contributed by atoms with Crippen LogP contribution in [0.3, 0.4) is 0 Å². The lowest BCUT2D eigenvalue weighted by atomic mass is 9.67. The lowest BCUT2D eigenvalue weighted by Crippen LogP contribution is -2.55. The standard InChI is InChI=1S/C13H24N2O3/c1-12(2,3)9(7-10(16)17)15-11(18)13(8-14)5-4-6-13/h9H,4-8,14H2,1-3H3,(H,15,18)(H,16,17). The third kappa shape index (κ3) is 3.22. The highest BCUT2D eigenvalue weighted by Crippen LogP contribution is 2.40. The van der Waals surface area contributed by atoms with Crippen molar-refractivity contribution in [2.45, 2.75) is 52.5 Å². The van der Waals surface area contributed by atoms with Crippen LogP contribution in [0.1, 0.15) is 46.5 Å². The number of carbonyl (C=O) groups excluding carboxylic acids is 1. The van der Waals surface area contributed by atoms with Crippen LogP contribution >= 0.6 is 0 Å². The number of nitrogens with one attached hydrogen (secondary N) is 1. The Morgan fingerprint density at radius 2 is 1.94 bits per heavy atom. The van der Waals surface area contributed by atoms with Gasteiger partial charge in [-0.1, -0.05) is 27.2 Å². The Labute approximate surface area is 108 Å². The summed E-state index contributed by atoms with van der Waals surface area (Å²) in [6.07, 6.45) is 2.57. The van der Waals surface area contributed by atoms with Crippen molar-refractivity contribution in [2.24, 2.45) is 16.6 Å². The summed E-state index contributed by atoms with van der Waals surface area (Å²) in [7, 11) is 0. The van der Waals surface area contributed by atoms with Gasteiger partial charge in [0.1, 0.15) is 0 Å². The van der Waals surface area contributed by atoms with Gasteiger partial charge in [-0.25, -0.2) is 0 Å². The van der Waals surface area contributed by atoms with Gasteiger partial charge >= 0.3 is 5.97 Å². The predicted octanol–water partition coefficient (Wildman–Crippen LogP) is 1.12. The van der Waals surface area contributed by atoms with E-state index in [2.05, 4.69) is 5.32 Å². The van der Waals surface area contributed by atoms with E-state index in [1.165, 1.54) is 0 Å². The summed E-state index contributed by atoms with van der Waals surface area (Å²) in [5, 5.41) is 11.8. The summed E-state index contributed by atoms with van der Waals surface area (Å²) in [6.45, 7) is 6.12. The van der Waals surface area contributed by atoms with Gasteiger partial charge in [-0.3, -0.25) is 9.59 Å². The molecular formula is C13H24N2O3. The van der Waals surface area contributed by atoms with Crippen molar-refractivity contribution in [3.05, 3.63) is 0 Å². The van der Waals surface area contributed by atoms with E-state index in [1.807, 2.05) is 20.8 Å². The maximum absolute atomic E-state index is 12.2. The molecule has 0 bridgehead atoms. The maximum Gasteiger partial charge on any atom is 0.305 e. The number of nitrogens with two attached hydrogens (primary N) is 1. The van der Waals surface area contributed by atoms with Crippen LogP contribution in [0.25, 0.3) is 0 Å². The predicted molar refractivity (Wildman–Crippen MR) is 69.0 cm³/mol. The molecule has 5 nitrogen and oxygen atoms in total. The van der Waals surface area contributed by atoms with Crippen LogP contribution in [-0.4, -0.2) is 29.6 Å². The van der Waals surface area contributed by atoms with Gasteiger partial charge in [-0.05, 0) is 18.3 Å². The van der Waals surface area contributed by atoms with Gasteiger partial charge in [0.15, 0.2) is 0 Å². The number of amides is 1. The Morgan fingerprint density at radius 1 is 1.39 bits per heavy atom. The van der Waals surface area contributed by atoms with Crippen molar-refractivity contribution in [3.8, 4) is 0 Å². The first-order valence-electron chi connectivity index (χ1n) is 6.44. The Balaban J connectivity index is 2.71. The fraction of sp³-hybridized carbons (Fsp3) is 0.846. The molecule has 1 rings (SSSR count).